The van der Waals surface area contributed by atoms with Crippen molar-refractivity contribution in [1.82, 2.24) is 10.6 Å². The van der Waals surface area contributed by atoms with E-state index in [9.17, 15) is 4.79 Å². The van der Waals surface area contributed by atoms with Crippen molar-refractivity contribution in [2.75, 3.05) is 18.6 Å². The summed E-state index contributed by atoms with van der Waals surface area (Å²) in [5.41, 5.74) is 0. The Kier molecular flexibility index (Phi) is 5.33. The van der Waals surface area contributed by atoms with E-state index >= 15 is 0 Å². The van der Waals surface area contributed by atoms with E-state index in [1.807, 2.05) is 6.92 Å². The molecule has 82 valence electrons. The second kappa shape index (κ2) is 6.30. The van der Waals surface area contributed by atoms with E-state index in [1.54, 1.807) is 11.8 Å². The molecule has 1 aliphatic rings. The van der Waals surface area contributed by atoms with Gasteiger partial charge >= 0.3 is 0 Å². The van der Waals surface area contributed by atoms with Crippen molar-refractivity contribution >= 4 is 17.7 Å². The molecule has 0 bridgehead atoms. The smallest absolute Gasteiger partial charge is 0.221 e. The van der Waals surface area contributed by atoms with Crippen LogP contribution in [0.1, 0.15) is 26.2 Å². The average molecular weight is 216 g/mol. The van der Waals surface area contributed by atoms with Gasteiger partial charge in [-0.05, 0) is 26.0 Å². The van der Waals surface area contributed by atoms with Gasteiger partial charge in [-0.15, -0.1) is 0 Å². The maximum absolute atomic E-state index is 11.4. The predicted octanol–water partition coefficient (Wildman–Crippen LogP) is 0.996. The zero-order chi connectivity index (χ0) is 10.4. The lowest BCUT2D eigenvalue weighted by molar-refractivity contribution is -0.121. The number of carbonyl (C=O) groups is 1. The molecule has 1 saturated carbocycles. The first-order chi connectivity index (χ1) is 6.72. The van der Waals surface area contributed by atoms with Crippen LogP contribution in [0.3, 0.4) is 0 Å². The van der Waals surface area contributed by atoms with Crippen molar-refractivity contribution < 1.29 is 4.79 Å². The molecule has 1 amide bonds. The van der Waals surface area contributed by atoms with Gasteiger partial charge in [0.15, 0.2) is 0 Å². The summed E-state index contributed by atoms with van der Waals surface area (Å²) in [6.07, 6.45) is 5.22. The van der Waals surface area contributed by atoms with Gasteiger partial charge in [-0.3, -0.25) is 4.79 Å². The third-order valence-corrected chi connectivity index (χ3v) is 3.02. The first-order valence-electron chi connectivity index (χ1n) is 5.24. The molecule has 1 aliphatic carbocycles. The minimum absolute atomic E-state index is 0.166. The first-order valence-corrected chi connectivity index (χ1v) is 6.63. The number of rotatable bonds is 7. The third-order valence-electron chi connectivity index (χ3n) is 2.19. The Hall–Kier alpha value is -0.220. The number of nitrogens with one attached hydrogen (secondary N) is 2. The monoisotopic (exact) mass is 216 g/mol. The lowest BCUT2D eigenvalue weighted by Gasteiger charge is -2.12. The van der Waals surface area contributed by atoms with Crippen LogP contribution < -0.4 is 10.6 Å². The molecule has 0 radical (unpaired) electrons. The SMILES string of the molecule is CSCC(C)NC(=O)CCNC1CC1. The van der Waals surface area contributed by atoms with Crippen LogP contribution in [0.4, 0.5) is 0 Å². The number of amides is 1. The summed E-state index contributed by atoms with van der Waals surface area (Å²) in [5, 5.41) is 6.30. The van der Waals surface area contributed by atoms with Crippen molar-refractivity contribution in [3.63, 3.8) is 0 Å². The Morgan fingerprint density at radius 2 is 2.29 bits per heavy atom. The first kappa shape index (κ1) is 11.9. The van der Waals surface area contributed by atoms with Gasteiger partial charge in [0.05, 0.1) is 0 Å². The second-order valence-corrected chi connectivity index (χ2v) is 4.81. The highest BCUT2D eigenvalue weighted by atomic mass is 32.2. The standard InChI is InChI=1S/C10H20N2OS/c1-8(7-14-2)12-10(13)5-6-11-9-3-4-9/h8-9,11H,3-7H2,1-2H3,(H,12,13). The molecule has 1 atom stereocenters. The van der Waals surface area contributed by atoms with Crippen LogP contribution in [0.2, 0.25) is 0 Å². The summed E-state index contributed by atoms with van der Waals surface area (Å²) in [6.45, 7) is 2.87. The highest BCUT2D eigenvalue weighted by molar-refractivity contribution is 7.98. The van der Waals surface area contributed by atoms with Gasteiger partial charge < -0.3 is 10.6 Å². The van der Waals surface area contributed by atoms with Gasteiger partial charge in [0, 0.05) is 30.8 Å². The van der Waals surface area contributed by atoms with E-state index in [-0.39, 0.29) is 5.91 Å². The van der Waals surface area contributed by atoms with Gasteiger partial charge in [-0.1, -0.05) is 0 Å². The summed E-state index contributed by atoms with van der Waals surface area (Å²) in [5.74, 6) is 1.15. The van der Waals surface area contributed by atoms with Gasteiger partial charge in [0.25, 0.3) is 0 Å². The van der Waals surface area contributed by atoms with Crippen LogP contribution in [-0.2, 0) is 4.79 Å². The molecule has 3 nitrogen and oxygen atoms in total. The molecule has 1 rings (SSSR count). The van der Waals surface area contributed by atoms with Gasteiger partial charge in [-0.2, -0.15) is 11.8 Å². The number of thioether (sulfide) groups is 1. The molecule has 0 aliphatic heterocycles. The molecule has 1 fully saturated rings. The number of hydrogen-bond donors (Lipinski definition) is 2. The van der Waals surface area contributed by atoms with E-state index < -0.39 is 0 Å². The van der Waals surface area contributed by atoms with E-state index in [0.29, 0.717) is 18.5 Å². The third kappa shape index (κ3) is 5.50. The summed E-state index contributed by atoms with van der Waals surface area (Å²) < 4.78 is 0. The Bertz CT molecular complexity index is 183. The Morgan fingerprint density at radius 1 is 1.57 bits per heavy atom. The topological polar surface area (TPSA) is 41.1 Å². The molecule has 2 N–H and O–H groups in total. The van der Waals surface area contributed by atoms with E-state index in [1.165, 1.54) is 12.8 Å². The van der Waals surface area contributed by atoms with E-state index in [4.69, 9.17) is 0 Å². The summed E-state index contributed by atoms with van der Waals surface area (Å²) >= 11 is 1.76. The van der Waals surface area contributed by atoms with Crippen LogP contribution in [0, 0.1) is 0 Å². The zero-order valence-electron chi connectivity index (χ0n) is 9.01. The molecule has 0 saturated heterocycles. The van der Waals surface area contributed by atoms with Crippen LogP contribution in [0.25, 0.3) is 0 Å². The molecule has 4 heteroatoms. The van der Waals surface area contributed by atoms with Crippen molar-refractivity contribution in [3.05, 3.63) is 0 Å². The Balaban J connectivity index is 1.96. The van der Waals surface area contributed by atoms with Crippen molar-refractivity contribution in [2.45, 2.75) is 38.3 Å². The summed E-state index contributed by atoms with van der Waals surface area (Å²) in [4.78, 5) is 11.4. The molecule has 0 heterocycles. The van der Waals surface area contributed by atoms with Crippen LogP contribution in [0.15, 0.2) is 0 Å². The van der Waals surface area contributed by atoms with Crippen LogP contribution in [0.5, 0.6) is 0 Å². The molecular weight excluding hydrogens is 196 g/mol. The predicted molar refractivity (Wildman–Crippen MR) is 61.6 cm³/mol. The normalized spacial score (nSPS) is 17.9. The fourth-order valence-corrected chi connectivity index (χ4v) is 1.90. The lowest BCUT2D eigenvalue weighted by Crippen LogP contribution is -2.36. The fraction of sp³-hybridized carbons (Fsp3) is 0.900. The fourth-order valence-electron chi connectivity index (χ4n) is 1.32. The molecule has 0 spiro atoms. The van der Waals surface area contributed by atoms with E-state index in [2.05, 4.69) is 16.9 Å². The number of carbonyl (C=O) groups excluding carboxylic acids is 1. The van der Waals surface area contributed by atoms with Gasteiger partial charge in [0.1, 0.15) is 0 Å². The molecule has 14 heavy (non-hydrogen) atoms. The van der Waals surface area contributed by atoms with Crippen molar-refractivity contribution in [3.8, 4) is 0 Å². The minimum Gasteiger partial charge on any atom is -0.353 e. The van der Waals surface area contributed by atoms with Crippen molar-refractivity contribution in [2.24, 2.45) is 0 Å². The molecule has 0 aromatic carbocycles. The molecule has 1 unspecified atom stereocenters. The molecule has 0 aromatic heterocycles. The second-order valence-electron chi connectivity index (χ2n) is 3.90. The lowest BCUT2D eigenvalue weighted by atomic mass is 10.3. The van der Waals surface area contributed by atoms with Gasteiger partial charge in [0.2, 0.25) is 5.91 Å². The minimum atomic E-state index is 0.166. The highest BCUT2D eigenvalue weighted by Crippen LogP contribution is 2.18. The average Bonchev–Trinajstić information content (AvgIpc) is 2.88. The maximum Gasteiger partial charge on any atom is 0.221 e. The van der Waals surface area contributed by atoms with Gasteiger partial charge in [-0.25, -0.2) is 0 Å². The summed E-state index contributed by atoms with van der Waals surface area (Å²) in [7, 11) is 0. The largest absolute Gasteiger partial charge is 0.353 e. The quantitative estimate of drug-likeness (QED) is 0.667. The van der Waals surface area contributed by atoms with Crippen LogP contribution in [-0.4, -0.2) is 36.5 Å². The zero-order valence-corrected chi connectivity index (χ0v) is 9.82. The van der Waals surface area contributed by atoms with Crippen LogP contribution >= 0.6 is 11.8 Å². The maximum atomic E-state index is 11.4. The molecular formula is C10H20N2OS. The van der Waals surface area contributed by atoms with E-state index in [0.717, 1.165) is 12.3 Å². The summed E-state index contributed by atoms with van der Waals surface area (Å²) in [6, 6.07) is 0.991. The Labute approximate surface area is 90.4 Å². The molecule has 0 aromatic rings. The van der Waals surface area contributed by atoms with Crippen molar-refractivity contribution in [1.29, 1.82) is 0 Å². The Morgan fingerprint density at radius 3 is 2.86 bits per heavy atom. The number of hydrogen-bond acceptors (Lipinski definition) is 3. The highest BCUT2D eigenvalue weighted by Gasteiger charge is 2.20.